The fourth-order valence-electron chi connectivity index (χ4n) is 1.80. The molecule has 19 heavy (non-hydrogen) atoms. The van der Waals surface area contributed by atoms with E-state index in [1.54, 1.807) is 0 Å². The number of rotatable bonds is 2. The molecule has 0 spiro atoms. The van der Waals surface area contributed by atoms with E-state index in [4.69, 9.17) is 4.74 Å². The minimum absolute atomic E-state index is 0.0993. The molecule has 3 atom stereocenters. The normalized spacial score (nSPS) is 26.3. The first kappa shape index (κ1) is 13.7. The van der Waals surface area contributed by atoms with Crippen molar-refractivity contribution in [3.8, 4) is 0 Å². The topological polar surface area (TPSA) is 139 Å². The van der Waals surface area contributed by atoms with E-state index in [1.165, 1.54) is 0 Å². The maximum absolute atomic E-state index is 11.5. The molecule has 9 nitrogen and oxygen atoms in total. The summed E-state index contributed by atoms with van der Waals surface area (Å²) in [7, 11) is -2.91. The molecule has 0 amide bonds. The Bertz CT molecular complexity index is 723. The van der Waals surface area contributed by atoms with E-state index >= 15 is 0 Å². The van der Waals surface area contributed by atoms with Crippen molar-refractivity contribution < 1.29 is 23.4 Å². The molecule has 1 fully saturated rings. The number of hydrogen-bond donors (Lipinski definition) is 3. The van der Waals surface area contributed by atoms with Gasteiger partial charge < -0.3 is 14.9 Å². The van der Waals surface area contributed by atoms with Crippen molar-refractivity contribution in [3.05, 3.63) is 33.1 Å². The number of hydrogen-bond acceptors (Lipinski definition) is 6. The van der Waals surface area contributed by atoms with Gasteiger partial charge in [-0.2, -0.15) is 8.42 Å². The lowest BCUT2D eigenvalue weighted by Crippen LogP contribution is -2.32. The summed E-state index contributed by atoms with van der Waals surface area (Å²) < 4.78 is 27.3. The lowest BCUT2D eigenvalue weighted by molar-refractivity contribution is 0.00866. The van der Waals surface area contributed by atoms with E-state index < -0.39 is 45.0 Å². The van der Waals surface area contributed by atoms with E-state index in [9.17, 15) is 28.2 Å². The molecule has 0 radical (unpaired) electrons. The molecular formula is C9H10N2O7S. The van der Waals surface area contributed by atoms with E-state index in [0.29, 0.717) is 0 Å². The highest BCUT2D eigenvalue weighted by atomic mass is 32.2. The van der Waals surface area contributed by atoms with Gasteiger partial charge in [-0.15, -0.1) is 0 Å². The second-order valence-electron chi connectivity index (χ2n) is 3.90. The maximum atomic E-state index is 11.5. The predicted molar refractivity (Wildman–Crippen MR) is 62.4 cm³/mol. The van der Waals surface area contributed by atoms with Gasteiger partial charge in [-0.05, 0) is 0 Å². The number of aliphatic hydroxyl groups is 2. The van der Waals surface area contributed by atoms with Gasteiger partial charge in [0, 0.05) is 18.7 Å². The van der Waals surface area contributed by atoms with Crippen LogP contribution >= 0.6 is 0 Å². The molecule has 1 saturated heterocycles. The summed E-state index contributed by atoms with van der Waals surface area (Å²) in [6.45, 7) is 0. The van der Waals surface area contributed by atoms with E-state index in [-0.39, 0.29) is 6.42 Å². The lowest BCUT2D eigenvalue weighted by atomic mass is 10.2. The summed E-state index contributed by atoms with van der Waals surface area (Å²) in [5.74, 6) is 0. The highest BCUT2D eigenvalue weighted by Crippen LogP contribution is 2.27. The molecule has 0 saturated carbocycles. The first-order valence-electron chi connectivity index (χ1n) is 5.20. The molecular weight excluding hydrogens is 280 g/mol. The quantitative estimate of drug-likeness (QED) is 0.523. The maximum Gasteiger partial charge on any atom is 0.330 e. The Morgan fingerprint density at radius 3 is 2.74 bits per heavy atom. The van der Waals surface area contributed by atoms with E-state index in [0.717, 1.165) is 16.8 Å². The van der Waals surface area contributed by atoms with Crippen molar-refractivity contribution >= 4 is 15.3 Å². The molecule has 2 rings (SSSR count). The Morgan fingerprint density at radius 1 is 1.47 bits per heavy atom. The minimum atomic E-state index is -2.91. The van der Waals surface area contributed by atoms with Gasteiger partial charge in [0.15, 0.2) is 0 Å². The van der Waals surface area contributed by atoms with Crippen LogP contribution in [0.5, 0.6) is 0 Å². The molecule has 1 aromatic heterocycles. The number of nitrogens with one attached hydrogen (secondary N) is 1. The van der Waals surface area contributed by atoms with Gasteiger partial charge in [0.25, 0.3) is 5.56 Å². The minimum Gasteiger partial charge on any atom is -0.390 e. The summed E-state index contributed by atoms with van der Waals surface area (Å²) in [6, 6.07) is 1.08. The third-order valence-corrected chi connectivity index (χ3v) is 3.25. The van der Waals surface area contributed by atoms with Crippen LogP contribution in [0.15, 0.2) is 21.9 Å². The molecule has 0 aliphatic carbocycles. The Kier molecular flexibility index (Phi) is 3.66. The van der Waals surface area contributed by atoms with Gasteiger partial charge >= 0.3 is 5.69 Å². The Labute approximate surface area is 107 Å². The van der Waals surface area contributed by atoms with Crippen molar-refractivity contribution in [1.82, 2.24) is 9.55 Å². The smallest absolute Gasteiger partial charge is 0.330 e. The number of aromatic amines is 1. The van der Waals surface area contributed by atoms with Crippen LogP contribution < -0.4 is 11.2 Å². The number of H-pyrrole nitrogens is 1. The van der Waals surface area contributed by atoms with E-state index in [1.807, 2.05) is 4.98 Å². The van der Waals surface area contributed by atoms with Crippen LogP contribution in [0.25, 0.3) is 0 Å². The molecule has 3 N–H and O–H groups in total. The zero-order valence-electron chi connectivity index (χ0n) is 9.38. The lowest BCUT2D eigenvalue weighted by Gasteiger charge is -2.13. The molecule has 1 aromatic rings. The number of ether oxygens (including phenoxy) is 1. The first-order valence-corrected chi connectivity index (χ1v) is 6.27. The summed E-state index contributed by atoms with van der Waals surface area (Å²) in [4.78, 5) is 24.4. The number of nitrogens with zero attached hydrogens (tertiary/aromatic N) is 1. The third-order valence-electron chi connectivity index (χ3n) is 2.67. The standard InChI is InChI=1S/C9H10N2O7S/c12-4-3-6(18-7(4)8(14)19(16)17)11-2-1-5(13)10-9(11)15/h1-2,4,6-7,12,14H,3H2,(H,10,13,15)/t4-,6+,7-/m0/s1. The van der Waals surface area contributed by atoms with Crippen LogP contribution in [0, 0.1) is 0 Å². The van der Waals surface area contributed by atoms with Gasteiger partial charge in [0.2, 0.25) is 15.3 Å². The molecule has 2 heterocycles. The van der Waals surface area contributed by atoms with Gasteiger partial charge in [-0.1, -0.05) is 0 Å². The van der Waals surface area contributed by atoms with E-state index in [2.05, 4.69) is 0 Å². The van der Waals surface area contributed by atoms with Gasteiger partial charge in [0.05, 0.1) is 6.10 Å². The van der Waals surface area contributed by atoms with Crippen molar-refractivity contribution in [1.29, 1.82) is 0 Å². The highest BCUT2D eigenvalue weighted by Gasteiger charge is 2.38. The van der Waals surface area contributed by atoms with Crippen molar-refractivity contribution in [2.75, 3.05) is 0 Å². The van der Waals surface area contributed by atoms with Crippen LogP contribution in [-0.2, 0) is 15.0 Å². The third kappa shape index (κ3) is 2.66. The van der Waals surface area contributed by atoms with Crippen LogP contribution in [0.2, 0.25) is 0 Å². The average molecular weight is 290 g/mol. The fraction of sp³-hybridized carbons (Fsp3) is 0.444. The first-order chi connectivity index (χ1) is 8.90. The summed E-state index contributed by atoms with van der Waals surface area (Å²) in [5.41, 5.74) is -1.35. The van der Waals surface area contributed by atoms with Crippen molar-refractivity contribution in [2.45, 2.75) is 24.9 Å². The molecule has 1 aliphatic rings. The van der Waals surface area contributed by atoms with Gasteiger partial charge in [0.1, 0.15) is 12.3 Å². The fourth-order valence-corrected chi connectivity index (χ4v) is 2.20. The second kappa shape index (κ2) is 5.09. The average Bonchev–Trinajstić information content (AvgIpc) is 2.69. The largest absolute Gasteiger partial charge is 0.390 e. The second-order valence-corrected chi connectivity index (χ2v) is 4.79. The Morgan fingerprint density at radius 2 is 2.16 bits per heavy atom. The Balaban J connectivity index is 2.34. The number of aliphatic hydroxyl groups excluding tert-OH is 2. The molecule has 10 heteroatoms. The zero-order valence-corrected chi connectivity index (χ0v) is 10.2. The highest BCUT2D eigenvalue weighted by molar-refractivity contribution is 7.72. The molecule has 0 bridgehead atoms. The van der Waals surface area contributed by atoms with Crippen LogP contribution in [0.4, 0.5) is 0 Å². The predicted octanol–water partition coefficient (Wildman–Crippen LogP) is -2.25. The van der Waals surface area contributed by atoms with Gasteiger partial charge in [-0.3, -0.25) is 14.3 Å². The van der Waals surface area contributed by atoms with Crippen LogP contribution in [-0.4, -0.2) is 45.4 Å². The molecule has 0 unspecified atom stereocenters. The molecule has 104 valence electrons. The zero-order chi connectivity index (χ0) is 14.2. The van der Waals surface area contributed by atoms with Crippen LogP contribution in [0.3, 0.4) is 0 Å². The molecule has 0 aromatic carbocycles. The van der Waals surface area contributed by atoms with Crippen molar-refractivity contribution in [2.24, 2.45) is 0 Å². The Hall–Kier alpha value is -1.75. The summed E-state index contributed by atoms with van der Waals surface area (Å²) in [6.07, 6.45) is -2.62. The summed E-state index contributed by atoms with van der Waals surface area (Å²) in [5, 5.41) is 17.8. The summed E-state index contributed by atoms with van der Waals surface area (Å²) >= 11 is 0. The SMILES string of the molecule is O=c1ccn([C@H]2C[C@H](O)[C@@H](C(O)=S(=O)=O)O2)c(=O)[nH]1. The monoisotopic (exact) mass is 290 g/mol. The number of aromatic nitrogens is 2. The molecule has 1 aliphatic heterocycles. The van der Waals surface area contributed by atoms with Crippen molar-refractivity contribution in [3.63, 3.8) is 0 Å². The van der Waals surface area contributed by atoms with Crippen LogP contribution in [0.1, 0.15) is 12.6 Å². The van der Waals surface area contributed by atoms with Gasteiger partial charge in [-0.25, -0.2) is 4.79 Å².